The van der Waals surface area contributed by atoms with E-state index in [2.05, 4.69) is 10.2 Å². The van der Waals surface area contributed by atoms with Gasteiger partial charge in [-0.25, -0.2) is 4.39 Å². The maximum atomic E-state index is 13.3. The van der Waals surface area contributed by atoms with Crippen molar-refractivity contribution in [1.82, 2.24) is 15.1 Å². The number of carbonyl (C=O) groups is 1. The molecule has 0 aliphatic carbocycles. The third-order valence-corrected chi connectivity index (χ3v) is 5.10. The smallest absolute Gasteiger partial charge is 0.233 e. The van der Waals surface area contributed by atoms with Crippen LogP contribution in [-0.2, 0) is 9.53 Å². The highest BCUT2D eigenvalue weighted by Gasteiger charge is 2.33. The Balaban J connectivity index is 1.28. The fraction of sp³-hybridized carbons (Fsp3) is 0.450. The molecule has 142 valence electrons. The minimum Gasteiger partial charge on any atom is -0.476 e. The number of likely N-dealkylation sites (tertiary alicyclic amines) is 1. The van der Waals surface area contributed by atoms with Crippen molar-refractivity contribution in [3.63, 3.8) is 0 Å². The van der Waals surface area contributed by atoms with Gasteiger partial charge < -0.3 is 14.4 Å². The first-order chi connectivity index (χ1) is 13.2. The molecule has 0 spiro atoms. The first-order valence-electron chi connectivity index (χ1n) is 9.28. The lowest BCUT2D eigenvalue weighted by atomic mass is 10.1. The summed E-state index contributed by atoms with van der Waals surface area (Å²) in [6, 6.07) is 9.74. The number of ether oxygens (including phenoxy) is 2. The maximum Gasteiger partial charge on any atom is 0.233 e. The van der Waals surface area contributed by atoms with Gasteiger partial charge in [0, 0.05) is 37.2 Å². The quantitative estimate of drug-likeness (QED) is 0.808. The SMILES string of the molecule is O=C(C1CCOC1)N1CCC(COc2ccc(-c3cccc(F)c3)nn2)C1. The van der Waals surface area contributed by atoms with E-state index in [0.717, 1.165) is 19.4 Å². The van der Waals surface area contributed by atoms with Crippen molar-refractivity contribution in [2.24, 2.45) is 11.8 Å². The summed E-state index contributed by atoms with van der Waals surface area (Å²) in [6.45, 7) is 3.21. The highest BCUT2D eigenvalue weighted by molar-refractivity contribution is 5.79. The molecular formula is C20H22FN3O3. The Kier molecular flexibility index (Phi) is 5.29. The zero-order valence-corrected chi connectivity index (χ0v) is 15.0. The molecule has 0 bridgehead atoms. The summed E-state index contributed by atoms with van der Waals surface area (Å²) >= 11 is 0. The first kappa shape index (κ1) is 17.9. The van der Waals surface area contributed by atoms with Crippen molar-refractivity contribution < 1.29 is 18.7 Å². The highest BCUT2D eigenvalue weighted by Crippen LogP contribution is 2.23. The summed E-state index contributed by atoms with van der Waals surface area (Å²) in [6.07, 6.45) is 1.75. The molecule has 2 saturated heterocycles. The van der Waals surface area contributed by atoms with Crippen LogP contribution in [0.15, 0.2) is 36.4 Å². The van der Waals surface area contributed by atoms with Gasteiger partial charge in [0.15, 0.2) is 0 Å². The molecule has 4 rings (SSSR count). The van der Waals surface area contributed by atoms with Crippen molar-refractivity contribution in [3.05, 3.63) is 42.2 Å². The molecule has 1 amide bonds. The molecule has 2 aromatic rings. The van der Waals surface area contributed by atoms with Crippen LogP contribution in [0.25, 0.3) is 11.3 Å². The van der Waals surface area contributed by atoms with Crippen LogP contribution in [0.5, 0.6) is 5.88 Å². The predicted octanol–water partition coefficient (Wildman–Crippen LogP) is 2.55. The summed E-state index contributed by atoms with van der Waals surface area (Å²) in [5.41, 5.74) is 1.27. The lowest BCUT2D eigenvalue weighted by Gasteiger charge is -2.19. The molecular weight excluding hydrogens is 349 g/mol. The second-order valence-corrected chi connectivity index (χ2v) is 7.08. The second kappa shape index (κ2) is 8.00. The zero-order valence-electron chi connectivity index (χ0n) is 15.0. The van der Waals surface area contributed by atoms with E-state index in [0.29, 0.717) is 49.4 Å². The monoisotopic (exact) mass is 371 g/mol. The van der Waals surface area contributed by atoms with Crippen LogP contribution in [0.2, 0.25) is 0 Å². The number of nitrogens with zero attached hydrogens (tertiary/aromatic N) is 3. The van der Waals surface area contributed by atoms with Gasteiger partial charge >= 0.3 is 0 Å². The van der Waals surface area contributed by atoms with Crippen LogP contribution in [-0.4, -0.2) is 53.9 Å². The number of rotatable bonds is 5. The van der Waals surface area contributed by atoms with Gasteiger partial charge in [-0.05, 0) is 31.0 Å². The molecule has 1 aromatic heterocycles. The van der Waals surface area contributed by atoms with Gasteiger partial charge in [-0.2, -0.15) is 0 Å². The van der Waals surface area contributed by atoms with Crippen molar-refractivity contribution in [1.29, 1.82) is 0 Å². The average molecular weight is 371 g/mol. The van der Waals surface area contributed by atoms with Crippen molar-refractivity contribution >= 4 is 5.91 Å². The summed E-state index contributed by atoms with van der Waals surface area (Å²) in [7, 11) is 0. The molecule has 2 unspecified atom stereocenters. The van der Waals surface area contributed by atoms with E-state index in [1.165, 1.54) is 12.1 Å². The average Bonchev–Trinajstić information content (AvgIpc) is 3.38. The van der Waals surface area contributed by atoms with Gasteiger partial charge in [0.25, 0.3) is 0 Å². The summed E-state index contributed by atoms with van der Waals surface area (Å²) < 4.78 is 24.4. The molecule has 3 heterocycles. The summed E-state index contributed by atoms with van der Waals surface area (Å²) in [5, 5.41) is 8.18. The third-order valence-electron chi connectivity index (χ3n) is 5.10. The van der Waals surface area contributed by atoms with Gasteiger partial charge in [0.05, 0.1) is 24.8 Å². The molecule has 0 saturated carbocycles. The molecule has 2 aliphatic heterocycles. The van der Waals surface area contributed by atoms with E-state index < -0.39 is 0 Å². The van der Waals surface area contributed by atoms with E-state index in [1.807, 2.05) is 4.90 Å². The van der Waals surface area contributed by atoms with Crippen LogP contribution in [0.3, 0.4) is 0 Å². The zero-order chi connectivity index (χ0) is 18.6. The Bertz CT molecular complexity index is 793. The van der Waals surface area contributed by atoms with E-state index in [4.69, 9.17) is 9.47 Å². The second-order valence-electron chi connectivity index (χ2n) is 7.08. The van der Waals surface area contributed by atoms with E-state index in [1.54, 1.807) is 24.3 Å². The Morgan fingerprint density at radius 3 is 2.93 bits per heavy atom. The largest absolute Gasteiger partial charge is 0.476 e. The number of hydrogen-bond acceptors (Lipinski definition) is 5. The molecule has 0 radical (unpaired) electrons. The number of aromatic nitrogens is 2. The summed E-state index contributed by atoms with van der Waals surface area (Å²) in [4.78, 5) is 14.3. The Labute approximate surface area is 157 Å². The molecule has 0 N–H and O–H groups in total. The number of carbonyl (C=O) groups excluding carboxylic acids is 1. The number of amides is 1. The van der Waals surface area contributed by atoms with Gasteiger partial charge in [-0.1, -0.05) is 12.1 Å². The maximum absolute atomic E-state index is 13.3. The van der Waals surface area contributed by atoms with Crippen molar-refractivity contribution in [2.45, 2.75) is 12.8 Å². The van der Waals surface area contributed by atoms with Crippen LogP contribution < -0.4 is 4.74 Å². The topological polar surface area (TPSA) is 64.5 Å². The minimum absolute atomic E-state index is 0.0194. The molecule has 6 nitrogen and oxygen atoms in total. The molecule has 2 atom stereocenters. The fourth-order valence-electron chi connectivity index (χ4n) is 3.56. The van der Waals surface area contributed by atoms with E-state index >= 15 is 0 Å². The Morgan fingerprint density at radius 2 is 2.19 bits per heavy atom. The van der Waals surface area contributed by atoms with Crippen molar-refractivity contribution in [3.8, 4) is 17.1 Å². The van der Waals surface area contributed by atoms with Crippen LogP contribution in [0.4, 0.5) is 4.39 Å². The van der Waals surface area contributed by atoms with Gasteiger partial charge in [0.1, 0.15) is 5.82 Å². The summed E-state index contributed by atoms with van der Waals surface area (Å²) in [5.74, 6) is 0.643. The number of hydrogen-bond donors (Lipinski definition) is 0. The Morgan fingerprint density at radius 1 is 1.26 bits per heavy atom. The van der Waals surface area contributed by atoms with Gasteiger partial charge in [-0.15, -0.1) is 10.2 Å². The van der Waals surface area contributed by atoms with E-state index in [-0.39, 0.29) is 17.6 Å². The Hall–Kier alpha value is -2.54. The lowest BCUT2D eigenvalue weighted by molar-refractivity contribution is -0.134. The van der Waals surface area contributed by atoms with Gasteiger partial charge in [0.2, 0.25) is 11.8 Å². The molecule has 2 fully saturated rings. The first-order valence-corrected chi connectivity index (χ1v) is 9.28. The van der Waals surface area contributed by atoms with E-state index in [9.17, 15) is 9.18 Å². The third kappa shape index (κ3) is 4.24. The van der Waals surface area contributed by atoms with Gasteiger partial charge in [-0.3, -0.25) is 4.79 Å². The standard InChI is InChI=1S/C20H22FN3O3/c21-17-3-1-2-15(10-17)18-4-5-19(23-22-18)27-12-14-6-8-24(11-14)20(25)16-7-9-26-13-16/h1-5,10,14,16H,6-9,11-13H2. The molecule has 1 aromatic carbocycles. The van der Waals surface area contributed by atoms with Crippen LogP contribution in [0.1, 0.15) is 12.8 Å². The minimum atomic E-state index is -0.306. The molecule has 27 heavy (non-hydrogen) atoms. The van der Waals surface area contributed by atoms with Crippen LogP contribution in [0, 0.1) is 17.7 Å². The van der Waals surface area contributed by atoms with Crippen molar-refractivity contribution in [2.75, 3.05) is 32.9 Å². The lowest BCUT2D eigenvalue weighted by Crippen LogP contribution is -2.35. The molecule has 7 heteroatoms. The highest BCUT2D eigenvalue weighted by atomic mass is 19.1. The predicted molar refractivity (Wildman–Crippen MR) is 96.5 cm³/mol. The molecule has 2 aliphatic rings. The van der Waals surface area contributed by atoms with Crippen LogP contribution >= 0.6 is 0 Å². The normalized spacial score (nSPS) is 22.2. The number of halogens is 1. The number of benzene rings is 1. The fourth-order valence-corrected chi connectivity index (χ4v) is 3.56.